The number of aryl methyl sites for hydroxylation is 3. The van der Waals surface area contributed by atoms with E-state index in [0.717, 1.165) is 28.8 Å². The second-order valence-corrected chi connectivity index (χ2v) is 10.7. The summed E-state index contributed by atoms with van der Waals surface area (Å²) < 4.78 is 0. The van der Waals surface area contributed by atoms with Gasteiger partial charge in [0.05, 0.1) is 29.1 Å². The van der Waals surface area contributed by atoms with Gasteiger partial charge in [0.15, 0.2) is 0 Å². The number of anilines is 3. The number of unbranched alkanes of at least 4 members (excludes halogenated alkanes) is 2. The highest BCUT2D eigenvalue weighted by Gasteiger charge is 2.25. The number of hydrogen-bond acceptors (Lipinski definition) is 5. The average Bonchev–Trinajstić information content (AvgIpc) is 3.40. The van der Waals surface area contributed by atoms with E-state index in [1.54, 1.807) is 19.1 Å². The fraction of sp³-hybridized carbons (Fsp3) is 0.312. The lowest BCUT2D eigenvalue weighted by Gasteiger charge is -2.09. The van der Waals surface area contributed by atoms with Gasteiger partial charge in [-0.2, -0.15) is 0 Å². The van der Waals surface area contributed by atoms with Crippen LogP contribution < -0.4 is 27.0 Å². The van der Waals surface area contributed by atoms with Crippen LogP contribution in [0, 0.1) is 27.7 Å². The fourth-order valence-corrected chi connectivity index (χ4v) is 4.98. The zero-order chi connectivity index (χ0) is 30.4. The molecule has 2 aromatic carbocycles. The molecule has 0 bridgehead atoms. The van der Waals surface area contributed by atoms with Crippen LogP contribution in [-0.4, -0.2) is 41.7 Å². The Kier molecular flexibility index (Phi) is 9.46. The van der Waals surface area contributed by atoms with E-state index in [0.29, 0.717) is 65.3 Å². The van der Waals surface area contributed by atoms with Gasteiger partial charge in [0, 0.05) is 35.6 Å². The van der Waals surface area contributed by atoms with Gasteiger partial charge in [-0.25, -0.2) is 0 Å². The van der Waals surface area contributed by atoms with Crippen LogP contribution in [0.3, 0.4) is 0 Å². The number of aromatic amines is 1. The van der Waals surface area contributed by atoms with E-state index in [-0.39, 0.29) is 30.2 Å². The smallest absolute Gasteiger partial charge is 0.256 e. The highest BCUT2D eigenvalue weighted by molar-refractivity contribution is 6.35. The van der Waals surface area contributed by atoms with Gasteiger partial charge in [0.1, 0.15) is 0 Å². The first-order chi connectivity index (χ1) is 20.0. The predicted octanol–water partition coefficient (Wildman–Crippen LogP) is 4.37. The number of carbonyl (C=O) groups is 4. The number of hydrogen-bond donors (Lipinski definition) is 6. The molecule has 0 radical (unpaired) electrons. The van der Waals surface area contributed by atoms with Crippen LogP contribution in [0.25, 0.3) is 11.6 Å². The molecular formula is C32H38N6O4. The van der Waals surface area contributed by atoms with Crippen molar-refractivity contribution in [2.45, 2.75) is 53.4 Å². The molecule has 2 heterocycles. The molecule has 1 aliphatic heterocycles. The van der Waals surface area contributed by atoms with Crippen LogP contribution in [0.2, 0.25) is 0 Å². The molecule has 1 aromatic heterocycles. The third-order valence-electron chi connectivity index (χ3n) is 7.24. The summed E-state index contributed by atoms with van der Waals surface area (Å²) in [5.74, 6) is -0.953. The van der Waals surface area contributed by atoms with Crippen LogP contribution >= 0.6 is 0 Å². The predicted molar refractivity (Wildman–Crippen MR) is 166 cm³/mol. The van der Waals surface area contributed by atoms with Gasteiger partial charge in [-0.15, -0.1) is 0 Å². The summed E-state index contributed by atoms with van der Waals surface area (Å²) in [6, 6.07) is 11.3. The van der Waals surface area contributed by atoms with Gasteiger partial charge in [-0.05, 0) is 82.0 Å². The first-order valence-electron chi connectivity index (χ1n) is 14.1. The van der Waals surface area contributed by atoms with Crippen molar-refractivity contribution >= 4 is 52.3 Å². The molecule has 42 heavy (non-hydrogen) atoms. The van der Waals surface area contributed by atoms with Crippen molar-refractivity contribution in [2.75, 3.05) is 29.5 Å². The SMILES string of the molecule is Cc1ccc(NC(=O)CCCCCNC(=O)CNC(=O)c2c(C)[nH]c(/C=C3\C(=O)Nc4ccc(C)cc43)c2C)c(N)c1. The fourth-order valence-electron chi connectivity index (χ4n) is 4.98. The summed E-state index contributed by atoms with van der Waals surface area (Å²) in [5.41, 5.74) is 13.7. The minimum absolute atomic E-state index is 0.0987. The van der Waals surface area contributed by atoms with E-state index >= 15 is 0 Å². The van der Waals surface area contributed by atoms with E-state index < -0.39 is 0 Å². The summed E-state index contributed by atoms with van der Waals surface area (Å²) in [6.07, 6.45) is 4.28. The van der Waals surface area contributed by atoms with E-state index in [2.05, 4.69) is 26.3 Å². The Bertz CT molecular complexity index is 1570. The molecule has 0 atom stereocenters. The average molecular weight is 571 g/mol. The van der Waals surface area contributed by atoms with Gasteiger partial charge < -0.3 is 32.0 Å². The Labute approximate surface area is 245 Å². The molecule has 0 spiro atoms. The molecule has 0 saturated heterocycles. The number of carbonyl (C=O) groups excluding carboxylic acids is 4. The van der Waals surface area contributed by atoms with Gasteiger partial charge >= 0.3 is 0 Å². The summed E-state index contributed by atoms with van der Waals surface area (Å²) in [4.78, 5) is 53.2. The van der Waals surface area contributed by atoms with Gasteiger partial charge in [-0.1, -0.05) is 24.1 Å². The van der Waals surface area contributed by atoms with Crippen LogP contribution in [0.4, 0.5) is 17.1 Å². The Balaban J connectivity index is 1.20. The molecule has 1 aliphatic rings. The maximum absolute atomic E-state index is 12.9. The van der Waals surface area contributed by atoms with Gasteiger partial charge in [0.25, 0.3) is 11.8 Å². The monoisotopic (exact) mass is 570 g/mol. The first-order valence-corrected chi connectivity index (χ1v) is 14.1. The molecule has 0 unspecified atom stereocenters. The zero-order valence-electron chi connectivity index (χ0n) is 24.5. The number of nitrogens with one attached hydrogen (secondary N) is 5. The van der Waals surface area contributed by atoms with Gasteiger partial charge in [0.2, 0.25) is 11.8 Å². The summed E-state index contributed by atoms with van der Waals surface area (Å²) in [7, 11) is 0. The minimum Gasteiger partial charge on any atom is -0.397 e. The largest absolute Gasteiger partial charge is 0.397 e. The number of nitrogens with two attached hydrogens (primary N) is 1. The van der Waals surface area contributed by atoms with E-state index in [9.17, 15) is 19.2 Å². The molecule has 3 aromatic rings. The highest BCUT2D eigenvalue weighted by Crippen LogP contribution is 2.34. The Hall–Kier alpha value is -4.86. The standard InChI is InChI=1S/C32H38N6O4/c1-18-9-11-25-22(14-18)23(31(41)38-25)16-27-20(3)30(21(4)36-27)32(42)35-17-29(40)34-13-7-5-6-8-28(39)37-26-12-10-19(2)15-24(26)33/h9-12,14-16,36H,5-8,13,17,33H2,1-4H3,(H,34,40)(H,35,42)(H,37,39)(H,38,41)/b23-16-. The number of nitrogen functional groups attached to an aromatic ring is 1. The first kappa shape index (κ1) is 30.1. The quantitative estimate of drug-likeness (QED) is 0.115. The normalized spacial score (nSPS) is 13.0. The third-order valence-corrected chi connectivity index (χ3v) is 7.24. The van der Waals surface area contributed by atoms with Crippen molar-refractivity contribution in [1.82, 2.24) is 15.6 Å². The second kappa shape index (κ2) is 13.2. The molecule has 0 fully saturated rings. The molecule has 4 rings (SSSR count). The van der Waals surface area contributed by atoms with Crippen molar-refractivity contribution < 1.29 is 19.2 Å². The lowest BCUT2D eigenvalue weighted by molar-refractivity contribution is -0.120. The lowest BCUT2D eigenvalue weighted by Crippen LogP contribution is -2.37. The summed E-state index contributed by atoms with van der Waals surface area (Å²) in [5, 5.41) is 11.2. The van der Waals surface area contributed by atoms with E-state index in [4.69, 9.17) is 5.73 Å². The minimum atomic E-state index is -0.367. The van der Waals surface area contributed by atoms with Gasteiger partial charge in [-0.3, -0.25) is 19.2 Å². The Morgan fingerprint density at radius 1 is 0.905 bits per heavy atom. The van der Waals surface area contributed by atoms with E-state index in [1.165, 1.54) is 0 Å². The molecule has 10 nitrogen and oxygen atoms in total. The number of amides is 4. The van der Waals surface area contributed by atoms with Crippen LogP contribution in [-0.2, 0) is 14.4 Å². The van der Waals surface area contributed by atoms with Crippen LogP contribution in [0.1, 0.15) is 69.7 Å². The zero-order valence-corrected chi connectivity index (χ0v) is 24.5. The van der Waals surface area contributed by atoms with E-state index in [1.807, 2.05) is 51.1 Å². The van der Waals surface area contributed by atoms with Crippen molar-refractivity contribution in [1.29, 1.82) is 0 Å². The highest BCUT2D eigenvalue weighted by atomic mass is 16.2. The topological polar surface area (TPSA) is 158 Å². The van der Waals surface area contributed by atoms with Crippen molar-refractivity contribution in [3.63, 3.8) is 0 Å². The van der Waals surface area contributed by atoms with Crippen LogP contribution in [0.5, 0.6) is 0 Å². The molecule has 10 heteroatoms. The number of rotatable bonds is 11. The number of fused-ring (bicyclic) bond motifs is 1. The number of H-pyrrole nitrogens is 1. The summed E-state index contributed by atoms with van der Waals surface area (Å²) >= 11 is 0. The maximum Gasteiger partial charge on any atom is 0.256 e. The Morgan fingerprint density at radius 3 is 2.40 bits per heavy atom. The van der Waals surface area contributed by atoms with Crippen LogP contribution in [0.15, 0.2) is 36.4 Å². The second-order valence-electron chi connectivity index (χ2n) is 10.7. The summed E-state index contributed by atoms with van der Waals surface area (Å²) in [6.45, 7) is 7.79. The Morgan fingerprint density at radius 2 is 1.64 bits per heavy atom. The lowest BCUT2D eigenvalue weighted by atomic mass is 10.0. The maximum atomic E-state index is 12.9. The molecule has 4 amide bonds. The molecule has 0 saturated carbocycles. The molecule has 0 aliphatic carbocycles. The molecule has 220 valence electrons. The number of benzene rings is 2. The third kappa shape index (κ3) is 7.25. The van der Waals surface area contributed by atoms with Crippen molar-refractivity contribution in [3.05, 3.63) is 75.6 Å². The molecular weight excluding hydrogens is 532 g/mol. The van der Waals surface area contributed by atoms with Crippen molar-refractivity contribution in [2.24, 2.45) is 0 Å². The van der Waals surface area contributed by atoms with Crippen molar-refractivity contribution in [3.8, 4) is 0 Å². The molecule has 7 N–H and O–H groups in total. The number of aromatic nitrogens is 1.